The van der Waals surface area contributed by atoms with Gasteiger partial charge in [0.15, 0.2) is 5.75 Å². The maximum absolute atomic E-state index is 12.3. The molecule has 0 saturated heterocycles. The van der Waals surface area contributed by atoms with E-state index >= 15 is 0 Å². The first-order valence-electron chi connectivity index (χ1n) is 6.30. The van der Waals surface area contributed by atoms with E-state index < -0.39 is 12.1 Å². The molecule has 3 nitrogen and oxygen atoms in total. The Morgan fingerprint density at radius 1 is 1.00 bits per heavy atom. The van der Waals surface area contributed by atoms with Gasteiger partial charge in [-0.1, -0.05) is 23.7 Å². The van der Waals surface area contributed by atoms with E-state index in [1.165, 1.54) is 12.1 Å². The molecule has 0 spiro atoms. The number of rotatable bonds is 5. The van der Waals surface area contributed by atoms with E-state index in [2.05, 4.69) is 4.74 Å². The molecule has 0 amide bonds. The molecule has 2 aromatic carbocycles. The lowest BCUT2D eigenvalue weighted by atomic mass is 10.1. The fraction of sp³-hybridized carbons (Fsp3) is 0.200. The van der Waals surface area contributed by atoms with Crippen molar-refractivity contribution in [3.63, 3.8) is 0 Å². The van der Waals surface area contributed by atoms with Crippen LogP contribution in [0.25, 0.3) is 0 Å². The third-order valence-corrected chi connectivity index (χ3v) is 3.00. The van der Waals surface area contributed by atoms with Crippen LogP contribution in [0.5, 0.6) is 17.2 Å². The molecule has 0 aliphatic heterocycles. The van der Waals surface area contributed by atoms with Gasteiger partial charge in [0, 0.05) is 12.7 Å². The summed E-state index contributed by atoms with van der Waals surface area (Å²) in [6, 6.07) is 10.6. The molecule has 0 saturated carbocycles. The molecular formula is C15H12ClF3O3. The highest BCUT2D eigenvalue weighted by Gasteiger charge is 2.32. The van der Waals surface area contributed by atoms with E-state index in [1.807, 2.05) is 0 Å². The average Bonchev–Trinajstić information content (AvgIpc) is 2.43. The number of ether oxygens (including phenoxy) is 2. The summed E-state index contributed by atoms with van der Waals surface area (Å²) in [6.45, 7) is 0.0372. The van der Waals surface area contributed by atoms with Crippen molar-refractivity contribution in [3.8, 4) is 17.2 Å². The molecule has 118 valence electrons. The first kappa shape index (κ1) is 16.5. The van der Waals surface area contributed by atoms with Crippen molar-refractivity contribution in [1.82, 2.24) is 0 Å². The Balaban J connectivity index is 2.14. The van der Waals surface area contributed by atoms with Crippen molar-refractivity contribution >= 4 is 11.6 Å². The van der Waals surface area contributed by atoms with Crippen molar-refractivity contribution in [2.75, 3.05) is 6.61 Å². The second-order valence-electron chi connectivity index (χ2n) is 4.36. The third kappa shape index (κ3) is 4.82. The van der Waals surface area contributed by atoms with Gasteiger partial charge in [-0.05, 0) is 36.2 Å². The van der Waals surface area contributed by atoms with Crippen molar-refractivity contribution in [2.45, 2.75) is 12.8 Å². The van der Waals surface area contributed by atoms with Crippen LogP contribution in [-0.2, 0) is 6.42 Å². The van der Waals surface area contributed by atoms with Crippen LogP contribution in [0.3, 0.4) is 0 Å². The predicted molar refractivity (Wildman–Crippen MR) is 75.4 cm³/mol. The van der Waals surface area contributed by atoms with Crippen molar-refractivity contribution < 1.29 is 27.8 Å². The van der Waals surface area contributed by atoms with Gasteiger partial charge in [0.1, 0.15) is 11.5 Å². The van der Waals surface area contributed by atoms with E-state index in [4.69, 9.17) is 21.4 Å². The molecule has 2 aromatic rings. The summed E-state index contributed by atoms with van der Waals surface area (Å²) in [5.74, 6) is 0.0871. The van der Waals surface area contributed by atoms with E-state index in [1.54, 1.807) is 24.3 Å². The van der Waals surface area contributed by atoms with Crippen LogP contribution >= 0.6 is 11.6 Å². The minimum atomic E-state index is -4.83. The van der Waals surface area contributed by atoms with Gasteiger partial charge in [0.2, 0.25) is 0 Å². The Morgan fingerprint density at radius 3 is 2.23 bits per heavy atom. The van der Waals surface area contributed by atoms with Gasteiger partial charge in [-0.15, -0.1) is 13.2 Å². The van der Waals surface area contributed by atoms with Crippen LogP contribution in [0.4, 0.5) is 13.2 Å². The Kier molecular flexibility index (Phi) is 5.15. The van der Waals surface area contributed by atoms with Crippen LogP contribution < -0.4 is 9.47 Å². The molecule has 0 heterocycles. The van der Waals surface area contributed by atoms with Crippen LogP contribution in [0.1, 0.15) is 5.56 Å². The maximum atomic E-state index is 12.3. The highest BCUT2D eigenvalue weighted by atomic mass is 35.5. The van der Waals surface area contributed by atoms with Crippen LogP contribution in [0.2, 0.25) is 5.02 Å². The Hall–Kier alpha value is -1.92. The number of hydrogen-bond donors (Lipinski definition) is 1. The molecule has 0 radical (unpaired) electrons. The number of aliphatic hydroxyl groups excluding tert-OH is 1. The molecule has 0 atom stereocenters. The van der Waals surface area contributed by atoms with Gasteiger partial charge in [0.25, 0.3) is 0 Å². The van der Waals surface area contributed by atoms with Gasteiger partial charge < -0.3 is 14.6 Å². The standard InChI is InChI=1S/C15H12ClF3O3/c16-13-6-5-12(9-14(13)22-15(17,18)19)21-11-3-1-10(2-4-11)7-8-20/h1-6,9,20H,7-8H2. The lowest BCUT2D eigenvalue weighted by Gasteiger charge is -2.12. The fourth-order valence-electron chi connectivity index (χ4n) is 1.74. The van der Waals surface area contributed by atoms with Gasteiger partial charge in [-0.2, -0.15) is 0 Å². The first-order chi connectivity index (χ1) is 10.4. The number of benzene rings is 2. The maximum Gasteiger partial charge on any atom is 0.573 e. The third-order valence-electron chi connectivity index (χ3n) is 2.69. The molecule has 0 aliphatic carbocycles. The number of alkyl halides is 3. The zero-order valence-corrected chi connectivity index (χ0v) is 12.0. The van der Waals surface area contributed by atoms with E-state index in [-0.39, 0.29) is 17.4 Å². The molecule has 0 aromatic heterocycles. The summed E-state index contributed by atoms with van der Waals surface area (Å²) in [4.78, 5) is 0. The van der Waals surface area contributed by atoms with Gasteiger partial charge in [0.05, 0.1) is 5.02 Å². The summed E-state index contributed by atoms with van der Waals surface area (Å²) in [5, 5.41) is 8.66. The molecule has 0 aliphatic rings. The molecule has 0 bridgehead atoms. The molecule has 1 N–H and O–H groups in total. The van der Waals surface area contributed by atoms with Gasteiger partial charge in [-0.25, -0.2) is 0 Å². The fourth-order valence-corrected chi connectivity index (χ4v) is 1.90. The second-order valence-corrected chi connectivity index (χ2v) is 4.77. The van der Waals surface area contributed by atoms with E-state index in [9.17, 15) is 13.2 Å². The van der Waals surface area contributed by atoms with E-state index in [0.29, 0.717) is 12.2 Å². The zero-order chi connectivity index (χ0) is 16.2. The van der Waals surface area contributed by atoms with Crippen LogP contribution in [-0.4, -0.2) is 18.1 Å². The van der Waals surface area contributed by atoms with Crippen molar-refractivity contribution in [3.05, 3.63) is 53.1 Å². The number of hydrogen-bond acceptors (Lipinski definition) is 3. The average molecular weight is 333 g/mol. The van der Waals surface area contributed by atoms with Gasteiger partial charge in [-0.3, -0.25) is 0 Å². The highest BCUT2D eigenvalue weighted by Crippen LogP contribution is 2.34. The molecular weight excluding hydrogens is 321 g/mol. The van der Waals surface area contributed by atoms with Crippen LogP contribution in [0.15, 0.2) is 42.5 Å². The Bertz CT molecular complexity index is 627. The monoisotopic (exact) mass is 332 g/mol. The second kappa shape index (κ2) is 6.89. The SMILES string of the molecule is OCCc1ccc(Oc2ccc(Cl)c(OC(F)(F)F)c2)cc1. The summed E-state index contributed by atoms with van der Waals surface area (Å²) in [7, 11) is 0. The number of halogens is 4. The Labute approximate surface area is 129 Å². The van der Waals surface area contributed by atoms with Crippen molar-refractivity contribution in [1.29, 1.82) is 0 Å². The summed E-state index contributed by atoms with van der Waals surface area (Å²) in [5.41, 5.74) is 0.923. The highest BCUT2D eigenvalue weighted by molar-refractivity contribution is 6.32. The smallest absolute Gasteiger partial charge is 0.457 e. The van der Waals surface area contributed by atoms with Crippen LogP contribution in [0, 0.1) is 0 Å². The molecule has 0 unspecified atom stereocenters. The van der Waals surface area contributed by atoms with Gasteiger partial charge >= 0.3 is 6.36 Å². The minimum absolute atomic E-state index is 0.0372. The van der Waals surface area contributed by atoms with E-state index in [0.717, 1.165) is 11.6 Å². The largest absolute Gasteiger partial charge is 0.573 e. The van der Waals surface area contributed by atoms with Crippen molar-refractivity contribution in [2.24, 2.45) is 0 Å². The molecule has 7 heteroatoms. The quantitative estimate of drug-likeness (QED) is 0.872. The molecule has 22 heavy (non-hydrogen) atoms. The molecule has 0 fully saturated rings. The first-order valence-corrected chi connectivity index (χ1v) is 6.68. The zero-order valence-electron chi connectivity index (χ0n) is 11.2. The summed E-state index contributed by atoms with van der Waals surface area (Å²) >= 11 is 5.66. The lowest BCUT2D eigenvalue weighted by Crippen LogP contribution is -2.17. The predicted octanol–water partition coefficient (Wildman–Crippen LogP) is 4.57. The normalized spacial score (nSPS) is 11.3. The lowest BCUT2D eigenvalue weighted by molar-refractivity contribution is -0.274. The number of aliphatic hydroxyl groups is 1. The molecule has 2 rings (SSSR count). The summed E-state index contributed by atoms with van der Waals surface area (Å²) in [6.07, 6.45) is -4.31. The Morgan fingerprint density at radius 2 is 1.64 bits per heavy atom. The summed E-state index contributed by atoms with van der Waals surface area (Å²) < 4.78 is 46.0. The minimum Gasteiger partial charge on any atom is -0.457 e. The topological polar surface area (TPSA) is 38.7 Å².